The van der Waals surface area contributed by atoms with E-state index < -0.39 is 0 Å². The van der Waals surface area contributed by atoms with Gasteiger partial charge in [-0.1, -0.05) is 13.3 Å². The van der Waals surface area contributed by atoms with E-state index in [1.54, 1.807) is 0 Å². The third-order valence-electron chi connectivity index (χ3n) is 4.25. The van der Waals surface area contributed by atoms with Gasteiger partial charge in [0.15, 0.2) is 0 Å². The van der Waals surface area contributed by atoms with Crippen molar-refractivity contribution in [3.63, 3.8) is 0 Å². The fourth-order valence-corrected chi connectivity index (χ4v) is 3.04. The minimum Gasteiger partial charge on any atom is -0.394 e. The van der Waals surface area contributed by atoms with Crippen LogP contribution in [0.25, 0.3) is 0 Å². The fraction of sp³-hybridized carbons (Fsp3) is 1.00. The molecule has 17 heavy (non-hydrogen) atoms. The van der Waals surface area contributed by atoms with Gasteiger partial charge in [-0.15, -0.1) is 0 Å². The van der Waals surface area contributed by atoms with Crippen LogP contribution in [0.3, 0.4) is 0 Å². The minimum atomic E-state index is -0.105. The maximum atomic E-state index is 9.66. The predicted molar refractivity (Wildman–Crippen MR) is 71.2 cm³/mol. The molecule has 0 aromatic heterocycles. The third-order valence-corrected chi connectivity index (χ3v) is 4.25. The Morgan fingerprint density at radius 2 is 2.06 bits per heavy atom. The zero-order valence-electron chi connectivity index (χ0n) is 11.4. The lowest BCUT2D eigenvalue weighted by Gasteiger charge is -2.41. The van der Waals surface area contributed by atoms with E-state index in [4.69, 9.17) is 0 Å². The summed E-state index contributed by atoms with van der Waals surface area (Å²) >= 11 is 0. The molecule has 1 saturated carbocycles. The summed E-state index contributed by atoms with van der Waals surface area (Å²) in [7, 11) is 0. The number of aliphatic hydroxyl groups excluding tert-OH is 1. The van der Waals surface area contributed by atoms with E-state index in [9.17, 15) is 5.11 Å². The summed E-state index contributed by atoms with van der Waals surface area (Å²) in [5.41, 5.74) is -0.105. The van der Waals surface area contributed by atoms with Crippen LogP contribution in [-0.4, -0.2) is 47.3 Å². The maximum absolute atomic E-state index is 9.66. The average molecular weight is 240 g/mol. The highest BCUT2D eigenvalue weighted by atomic mass is 16.3. The molecule has 2 unspecified atom stereocenters. The van der Waals surface area contributed by atoms with Crippen molar-refractivity contribution in [1.29, 1.82) is 0 Å². The highest BCUT2D eigenvalue weighted by Gasteiger charge is 2.35. The van der Waals surface area contributed by atoms with E-state index in [1.807, 2.05) is 0 Å². The molecule has 3 heteroatoms. The number of hydrogen-bond donors (Lipinski definition) is 2. The lowest BCUT2D eigenvalue weighted by Crippen LogP contribution is -2.57. The SMILES string of the molecule is CCC1CCCCN1CC(C)(CO)NC1CC1. The van der Waals surface area contributed by atoms with E-state index in [-0.39, 0.29) is 12.1 Å². The number of nitrogens with one attached hydrogen (secondary N) is 1. The van der Waals surface area contributed by atoms with Crippen molar-refractivity contribution in [2.75, 3.05) is 19.7 Å². The number of nitrogens with zero attached hydrogens (tertiary/aromatic N) is 1. The summed E-state index contributed by atoms with van der Waals surface area (Å²) in [5, 5.41) is 13.3. The van der Waals surface area contributed by atoms with Gasteiger partial charge in [-0.2, -0.15) is 0 Å². The largest absolute Gasteiger partial charge is 0.394 e. The standard InChI is InChI=1S/C14H28N2O/c1-3-13-6-4-5-9-16(13)10-14(2,11-17)15-12-7-8-12/h12-13,15,17H,3-11H2,1-2H3. The van der Waals surface area contributed by atoms with E-state index in [1.165, 1.54) is 45.1 Å². The first-order valence-electron chi connectivity index (χ1n) is 7.29. The molecule has 1 heterocycles. The van der Waals surface area contributed by atoms with E-state index in [0.29, 0.717) is 6.04 Å². The van der Waals surface area contributed by atoms with Crippen LogP contribution in [0.1, 0.15) is 52.4 Å². The third kappa shape index (κ3) is 3.67. The topological polar surface area (TPSA) is 35.5 Å². The fourth-order valence-electron chi connectivity index (χ4n) is 3.04. The summed E-state index contributed by atoms with van der Waals surface area (Å²) in [6.45, 7) is 6.91. The first-order valence-corrected chi connectivity index (χ1v) is 7.29. The van der Waals surface area contributed by atoms with E-state index in [2.05, 4.69) is 24.1 Å². The Balaban J connectivity index is 1.90. The zero-order valence-corrected chi connectivity index (χ0v) is 11.4. The van der Waals surface area contributed by atoms with Crippen molar-refractivity contribution in [3.8, 4) is 0 Å². The van der Waals surface area contributed by atoms with Crippen molar-refractivity contribution in [2.24, 2.45) is 0 Å². The molecule has 100 valence electrons. The van der Waals surface area contributed by atoms with Gasteiger partial charge in [0.1, 0.15) is 0 Å². The number of likely N-dealkylation sites (tertiary alicyclic amines) is 1. The molecule has 2 fully saturated rings. The second kappa shape index (κ2) is 5.68. The van der Waals surface area contributed by atoms with Gasteiger partial charge in [0.2, 0.25) is 0 Å². The Hall–Kier alpha value is -0.120. The molecule has 1 saturated heterocycles. The number of piperidine rings is 1. The Kier molecular flexibility index (Phi) is 4.45. The normalized spacial score (nSPS) is 30.2. The molecule has 1 aliphatic carbocycles. The number of hydrogen-bond acceptors (Lipinski definition) is 3. The van der Waals surface area contributed by atoms with Crippen molar-refractivity contribution in [3.05, 3.63) is 0 Å². The van der Waals surface area contributed by atoms with Gasteiger partial charge in [-0.25, -0.2) is 0 Å². The van der Waals surface area contributed by atoms with Crippen LogP contribution in [0.2, 0.25) is 0 Å². The first-order chi connectivity index (χ1) is 8.17. The average Bonchev–Trinajstić information content (AvgIpc) is 3.13. The smallest absolute Gasteiger partial charge is 0.0623 e. The molecule has 0 radical (unpaired) electrons. The second-order valence-corrected chi connectivity index (χ2v) is 6.17. The van der Waals surface area contributed by atoms with Crippen LogP contribution in [-0.2, 0) is 0 Å². The molecule has 0 amide bonds. The van der Waals surface area contributed by atoms with E-state index in [0.717, 1.165) is 12.6 Å². The minimum absolute atomic E-state index is 0.105. The summed E-state index contributed by atoms with van der Waals surface area (Å²) in [6, 6.07) is 1.40. The van der Waals surface area contributed by atoms with Crippen LogP contribution in [0, 0.1) is 0 Å². The molecular formula is C14H28N2O. The lowest BCUT2D eigenvalue weighted by molar-refractivity contribution is 0.0715. The quantitative estimate of drug-likeness (QED) is 0.742. The Morgan fingerprint density at radius 3 is 2.65 bits per heavy atom. The second-order valence-electron chi connectivity index (χ2n) is 6.17. The summed E-state index contributed by atoms with van der Waals surface area (Å²) in [6.07, 6.45) is 7.84. The number of aliphatic hydroxyl groups is 1. The predicted octanol–water partition coefficient (Wildman–Crippen LogP) is 1.75. The highest BCUT2D eigenvalue weighted by Crippen LogP contribution is 2.25. The number of rotatable bonds is 6. The summed E-state index contributed by atoms with van der Waals surface area (Å²) in [4.78, 5) is 2.59. The van der Waals surface area contributed by atoms with Crippen LogP contribution < -0.4 is 5.32 Å². The molecule has 3 nitrogen and oxygen atoms in total. The Labute approximate surface area is 106 Å². The van der Waals surface area contributed by atoms with E-state index >= 15 is 0 Å². The molecule has 0 bridgehead atoms. The maximum Gasteiger partial charge on any atom is 0.0623 e. The van der Waals surface area contributed by atoms with Gasteiger partial charge in [0.05, 0.1) is 12.1 Å². The Bertz CT molecular complexity index is 242. The van der Waals surface area contributed by atoms with Crippen molar-refractivity contribution in [1.82, 2.24) is 10.2 Å². The van der Waals surface area contributed by atoms with Crippen LogP contribution in [0.4, 0.5) is 0 Å². The molecular weight excluding hydrogens is 212 g/mol. The van der Waals surface area contributed by atoms with Gasteiger partial charge in [0.25, 0.3) is 0 Å². The molecule has 2 rings (SSSR count). The molecule has 0 aromatic rings. The molecule has 2 atom stereocenters. The molecule has 2 aliphatic rings. The van der Waals surface area contributed by atoms with Gasteiger partial charge >= 0.3 is 0 Å². The monoisotopic (exact) mass is 240 g/mol. The van der Waals surface area contributed by atoms with Crippen LogP contribution in [0.5, 0.6) is 0 Å². The van der Waals surface area contributed by atoms with Crippen LogP contribution >= 0.6 is 0 Å². The van der Waals surface area contributed by atoms with Crippen LogP contribution in [0.15, 0.2) is 0 Å². The summed E-state index contributed by atoms with van der Waals surface area (Å²) in [5.74, 6) is 0. The first kappa shape index (κ1) is 13.3. The summed E-state index contributed by atoms with van der Waals surface area (Å²) < 4.78 is 0. The highest BCUT2D eigenvalue weighted by molar-refractivity contribution is 4.95. The molecule has 2 N–H and O–H groups in total. The van der Waals surface area contributed by atoms with Gasteiger partial charge in [-0.05, 0) is 45.6 Å². The van der Waals surface area contributed by atoms with Gasteiger partial charge in [-0.3, -0.25) is 4.90 Å². The Morgan fingerprint density at radius 1 is 1.29 bits per heavy atom. The zero-order chi connectivity index (χ0) is 12.3. The van der Waals surface area contributed by atoms with Crippen molar-refractivity contribution < 1.29 is 5.11 Å². The lowest BCUT2D eigenvalue weighted by atomic mass is 9.95. The molecule has 1 aliphatic heterocycles. The van der Waals surface area contributed by atoms with Crippen molar-refractivity contribution >= 4 is 0 Å². The molecule has 0 aromatic carbocycles. The van der Waals surface area contributed by atoms with Gasteiger partial charge in [0, 0.05) is 18.6 Å². The van der Waals surface area contributed by atoms with Crippen molar-refractivity contribution in [2.45, 2.75) is 70.0 Å². The van der Waals surface area contributed by atoms with Gasteiger partial charge < -0.3 is 10.4 Å². The molecule has 0 spiro atoms.